The number of hydrogen-bond donors (Lipinski definition) is 2. The lowest BCUT2D eigenvalue weighted by Gasteiger charge is -2.26. The van der Waals surface area contributed by atoms with E-state index in [2.05, 4.69) is 23.7 Å². The van der Waals surface area contributed by atoms with E-state index in [1.54, 1.807) is 11.3 Å². The molecule has 2 heterocycles. The van der Waals surface area contributed by atoms with Crippen molar-refractivity contribution >= 4 is 21.6 Å². The number of ether oxygens (including phenoxy) is 1. The molecule has 1 aliphatic carbocycles. The predicted octanol–water partition coefficient (Wildman–Crippen LogP) is 3.50. The second kappa shape index (κ2) is 10.2. The number of nitrogens with one attached hydrogen (secondary N) is 1. The number of aryl methyl sites for hydroxylation is 2. The second-order valence-electron chi connectivity index (χ2n) is 8.88. The molecule has 2 N–H and O–H groups in total. The first-order valence-corrected chi connectivity index (χ1v) is 11.7. The van der Waals surface area contributed by atoms with E-state index >= 15 is 0 Å². The summed E-state index contributed by atoms with van der Waals surface area (Å²) in [5.41, 5.74) is 1.21. The second-order valence-corrected chi connectivity index (χ2v) is 9.96. The van der Waals surface area contributed by atoms with Crippen LogP contribution in [-0.2, 0) is 24.1 Å². The molecule has 0 aromatic carbocycles. The number of thiophene rings is 1. The zero-order chi connectivity index (χ0) is 21.0. The maximum Gasteiger partial charge on any atom is 0.259 e. The van der Waals surface area contributed by atoms with Crippen LogP contribution in [0.25, 0.3) is 10.2 Å². The first kappa shape index (κ1) is 22.4. The van der Waals surface area contributed by atoms with Gasteiger partial charge in [-0.25, -0.2) is 4.98 Å². The molecule has 2 aromatic rings. The van der Waals surface area contributed by atoms with Gasteiger partial charge in [0.25, 0.3) is 5.56 Å². The van der Waals surface area contributed by atoms with Crippen molar-refractivity contribution < 1.29 is 9.84 Å². The molecule has 0 fully saturated rings. The minimum atomic E-state index is -0.565. The van der Waals surface area contributed by atoms with Gasteiger partial charge in [-0.2, -0.15) is 0 Å². The summed E-state index contributed by atoms with van der Waals surface area (Å²) >= 11 is 1.69. The molecule has 6 nitrogen and oxygen atoms in total. The Labute approximate surface area is 177 Å². The number of aliphatic hydroxyl groups excluding tert-OH is 1. The van der Waals surface area contributed by atoms with Gasteiger partial charge in [0, 0.05) is 18.0 Å². The minimum absolute atomic E-state index is 0.0161. The molecule has 1 aliphatic rings. The van der Waals surface area contributed by atoms with Crippen molar-refractivity contribution in [2.45, 2.75) is 78.6 Å². The molecule has 0 bridgehead atoms. The third-order valence-corrected chi connectivity index (χ3v) is 6.40. The molecule has 0 aliphatic heterocycles. The third kappa shape index (κ3) is 6.10. The topological polar surface area (TPSA) is 78.5 Å². The summed E-state index contributed by atoms with van der Waals surface area (Å²) in [7, 11) is 0. The van der Waals surface area contributed by atoms with E-state index in [0.717, 1.165) is 36.0 Å². The molecule has 0 radical (unpaired) electrons. The van der Waals surface area contributed by atoms with Crippen LogP contribution >= 0.6 is 11.3 Å². The Morgan fingerprint density at radius 3 is 2.66 bits per heavy atom. The van der Waals surface area contributed by atoms with Gasteiger partial charge in [0.1, 0.15) is 10.7 Å². The van der Waals surface area contributed by atoms with Gasteiger partial charge in [0.15, 0.2) is 0 Å². The molecular formula is C22H35N3O3S. The van der Waals surface area contributed by atoms with Crippen LogP contribution in [0.1, 0.15) is 63.2 Å². The summed E-state index contributed by atoms with van der Waals surface area (Å²) in [6.45, 7) is 10.4. The maximum absolute atomic E-state index is 12.9. The molecular weight excluding hydrogens is 386 g/mol. The van der Waals surface area contributed by atoms with Gasteiger partial charge >= 0.3 is 0 Å². The third-order valence-electron chi connectivity index (χ3n) is 5.21. The zero-order valence-corrected chi connectivity index (χ0v) is 19.0. The normalized spacial score (nSPS) is 16.0. The highest BCUT2D eigenvalue weighted by atomic mass is 32.1. The van der Waals surface area contributed by atoms with E-state index in [0.29, 0.717) is 31.4 Å². The first-order valence-electron chi connectivity index (χ1n) is 10.9. The Morgan fingerprint density at radius 2 is 1.93 bits per heavy atom. The molecule has 2 aromatic heterocycles. The van der Waals surface area contributed by atoms with Crippen LogP contribution in [0.4, 0.5) is 0 Å². The number of hydrogen-bond acceptors (Lipinski definition) is 6. The molecule has 1 unspecified atom stereocenters. The van der Waals surface area contributed by atoms with Crippen LogP contribution in [0.2, 0.25) is 0 Å². The van der Waals surface area contributed by atoms with Gasteiger partial charge in [-0.05, 0) is 51.0 Å². The van der Waals surface area contributed by atoms with Crippen molar-refractivity contribution in [3.63, 3.8) is 0 Å². The van der Waals surface area contributed by atoms with Gasteiger partial charge in [0.05, 0.1) is 30.7 Å². The number of aliphatic hydroxyl groups is 1. The highest BCUT2D eigenvalue weighted by Gasteiger charge is 2.20. The average Bonchev–Trinajstić information content (AvgIpc) is 2.81. The molecule has 29 heavy (non-hydrogen) atoms. The molecule has 3 rings (SSSR count). The predicted molar refractivity (Wildman–Crippen MR) is 119 cm³/mol. The lowest BCUT2D eigenvalue weighted by Crippen LogP contribution is -2.38. The Balaban J connectivity index is 1.79. The largest absolute Gasteiger partial charge is 0.389 e. The van der Waals surface area contributed by atoms with E-state index in [1.165, 1.54) is 23.3 Å². The molecule has 1 atom stereocenters. The fourth-order valence-electron chi connectivity index (χ4n) is 4.05. The van der Waals surface area contributed by atoms with Crippen molar-refractivity contribution in [1.29, 1.82) is 0 Å². The summed E-state index contributed by atoms with van der Waals surface area (Å²) < 4.78 is 5.54. The Bertz CT molecular complexity index is 859. The number of aromatic amines is 1. The molecule has 0 spiro atoms. The van der Waals surface area contributed by atoms with Crippen LogP contribution in [0.15, 0.2) is 4.79 Å². The van der Waals surface area contributed by atoms with Crippen LogP contribution in [-0.4, -0.2) is 51.9 Å². The van der Waals surface area contributed by atoms with Crippen LogP contribution in [0, 0.1) is 5.92 Å². The molecule has 0 amide bonds. The molecule has 7 heteroatoms. The Kier molecular flexibility index (Phi) is 7.85. The van der Waals surface area contributed by atoms with E-state index in [1.807, 2.05) is 13.8 Å². The number of rotatable bonds is 9. The first-order chi connectivity index (χ1) is 13.8. The smallest absolute Gasteiger partial charge is 0.259 e. The zero-order valence-electron chi connectivity index (χ0n) is 18.2. The SMILES string of the molecule is CC(C)CN(Cc1nc2sc3c(c2c(=O)[nH]1)CCCCC3)CC(O)COC(C)C. The van der Waals surface area contributed by atoms with Crippen molar-refractivity contribution in [1.82, 2.24) is 14.9 Å². The molecule has 0 saturated carbocycles. The average molecular weight is 422 g/mol. The number of nitrogens with zero attached hydrogens (tertiary/aromatic N) is 2. The quantitative estimate of drug-likeness (QED) is 0.606. The monoisotopic (exact) mass is 421 g/mol. The summed E-state index contributed by atoms with van der Waals surface area (Å²) in [5, 5.41) is 11.2. The number of H-pyrrole nitrogens is 1. The van der Waals surface area contributed by atoms with Crippen LogP contribution < -0.4 is 5.56 Å². The van der Waals surface area contributed by atoms with E-state index < -0.39 is 6.10 Å². The van der Waals surface area contributed by atoms with Crippen molar-refractivity contribution in [3.05, 3.63) is 26.6 Å². The van der Waals surface area contributed by atoms with Gasteiger partial charge in [-0.1, -0.05) is 20.3 Å². The van der Waals surface area contributed by atoms with E-state index in [9.17, 15) is 9.90 Å². The molecule has 0 saturated heterocycles. The van der Waals surface area contributed by atoms with Gasteiger partial charge < -0.3 is 14.8 Å². The summed E-state index contributed by atoms with van der Waals surface area (Å²) in [6, 6.07) is 0. The van der Waals surface area contributed by atoms with Crippen molar-refractivity contribution in [2.75, 3.05) is 19.7 Å². The lowest BCUT2D eigenvalue weighted by atomic mass is 10.1. The fraction of sp³-hybridized carbons (Fsp3) is 0.727. The van der Waals surface area contributed by atoms with Crippen molar-refractivity contribution in [2.24, 2.45) is 5.92 Å². The molecule has 162 valence electrons. The van der Waals surface area contributed by atoms with Gasteiger partial charge in [-0.15, -0.1) is 11.3 Å². The minimum Gasteiger partial charge on any atom is -0.389 e. The highest BCUT2D eigenvalue weighted by molar-refractivity contribution is 7.18. The lowest BCUT2D eigenvalue weighted by molar-refractivity contribution is -0.0111. The summed E-state index contributed by atoms with van der Waals surface area (Å²) in [5.74, 6) is 1.12. The van der Waals surface area contributed by atoms with Crippen molar-refractivity contribution in [3.8, 4) is 0 Å². The standard InChI is InChI=1S/C22H35N3O3S/c1-14(2)10-25(11-16(26)13-28-15(3)4)12-19-23-21(27)20-17-8-6-5-7-9-18(17)29-22(20)24-19/h14-16,26H,5-13H2,1-4H3,(H,23,24,27). The van der Waals surface area contributed by atoms with Crippen LogP contribution in [0.5, 0.6) is 0 Å². The number of fused-ring (bicyclic) bond motifs is 3. The van der Waals surface area contributed by atoms with E-state index in [4.69, 9.17) is 9.72 Å². The summed E-state index contributed by atoms with van der Waals surface area (Å²) in [6.07, 6.45) is 5.16. The van der Waals surface area contributed by atoms with Gasteiger partial charge in [0.2, 0.25) is 0 Å². The Hall–Kier alpha value is -1.28. The number of aromatic nitrogens is 2. The fourth-order valence-corrected chi connectivity index (χ4v) is 5.33. The van der Waals surface area contributed by atoms with Crippen LogP contribution in [0.3, 0.4) is 0 Å². The highest BCUT2D eigenvalue weighted by Crippen LogP contribution is 2.32. The maximum atomic E-state index is 12.9. The summed E-state index contributed by atoms with van der Waals surface area (Å²) in [4.78, 5) is 25.1. The van der Waals surface area contributed by atoms with E-state index in [-0.39, 0.29) is 11.7 Å². The Morgan fingerprint density at radius 1 is 1.17 bits per heavy atom. The van der Waals surface area contributed by atoms with Gasteiger partial charge in [-0.3, -0.25) is 9.69 Å².